The van der Waals surface area contributed by atoms with Gasteiger partial charge in [-0.25, -0.2) is 13.2 Å². The Morgan fingerprint density at radius 3 is 2.33 bits per heavy atom. The zero-order valence-electron chi connectivity index (χ0n) is 11.4. The molecule has 112 valence electrons. The van der Waals surface area contributed by atoms with Crippen molar-refractivity contribution in [2.24, 2.45) is 7.05 Å². The summed E-state index contributed by atoms with van der Waals surface area (Å²) in [6.07, 6.45) is 0.594. The van der Waals surface area contributed by atoms with Crippen LogP contribution in [0.25, 0.3) is 0 Å². The molecule has 0 fully saturated rings. The predicted octanol–water partition coefficient (Wildman–Crippen LogP) is 3.59. The van der Waals surface area contributed by atoms with Crippen LogP contribution in [0.1, 0.15) is 28.7 Å². The second-order valence-electron chi connectivity index (χ2n) is 4.54. The largest absolute Gasteiger partial charge is 0.294 e. The lowest BCUT2D eigenvalue weighted by atomic mass is 10.1. The normalized spacial score (nSPS) is 11.0. The molecule has 0 bridgehead atoms. The van der Waals surface area contributed by atoms with E-state index in [1.54, 1.807) is 7.05 Å². The molecule has 2 rings (SSSR count). The Labute approximate surface area is 127 Å². The van der Waals surface area contributed by atoms with Crippen LogP contribution in [0.2, 0.25) is 0 Å². The topological polar surface area (TPSA) is 34.9 Å². The molecule has 21 heavy (non-hydrogen) atoms. The second kappa shape index (κ2) is 6.01. The van der Waals surface area contributed by atoms with E-state index in [9.17, 15) is 18.0 Å². The second-order valence-corrected chi connectivity index (χ2v) is 5.33. The van der Waals surface area contributed by atoms with Crippen LogP contribution in [0.4, 0.5) is 13.2 Å². The van der Waals surface area contributed by atoms with Gasteiger partial charge < -0.3 is 0 Å². The molecule has 0 aliphatic heterocycles. The highest BCUT2D eigenvalue weighted by atomic mass is 79.9. The van der Waals surface area contributed by atoms with Crippen LogP contribution >= 0.6 is 15.9 Å². The highest BCUT2D eigenvalue weighted by Crippen LogP contribution is 2.23. The minimum Gasteiger partial charge on any atom is -0.294 e. The first kappa shape index (κ1) is 15.8. The molecule has 0 amide bonds. The molecule has 1 aromatic carbocycles. The van der Waals surface area contributed by atoms with Crippen molar-refractivity contribution in [3.8, 4) is 0 Å². The van der Waals surface area contributed by atoms with Crippen molar-refractivity contribution in [2.45, 2.75) is 19.8 Å². The van der Waals surface area contributed by atoms with Crippen molar-refractivity contribution in [3.05, 3.63) is 51.0 Å². The fourth-order valence-electron chi connectivity index (χ4n) is 1.98. The SMILES string of the molecule is CCc1nn(C)c(CC(=O)c2cc(F)c(F)c(F)c2)c1Br. The summed E-state index contributed by atoms with van der Waals surface area (Å²) < 4.78 is 41.5. The molecule has 0 saturated heterocycles. The maximum Gasteiger partial charge on any atom is 0.194 e. The number of Topliss-reactive ketones (excluding diaryl/α,β-unsaturated/α-hetero) is 1. The van der Waals surface area contributed by atoms with Crippen LogP contribution < -0.4 is 0 Å². The van der Waals surface area contributed by atoms with Crippen molar-refractivity contribution < 1.29 is 18.0 Å². The zero-order chi connectivity index (χ0) is 15.7. The number of rotatable bonds is 4. The Morgan fingerprint density at radius 2 is 1.86 bits per heavy atom. The lowest BCUT2D eigenvalue weighted by Gasteiger charge is -2.04. The summed E-state index contributed by atoms with van der Waals surface area (Å²) in [5.41, 5.74) is 1.18. The number of aromatic nitrogens is 2. The minimum absolute atomic E-state index is 0.0887. The Bertz CT molecular complexity index is 689. The van der Waals surface area contributed by atoms with Gasteiger partial charge in [-0.05, 0) is 34.5 Å². The first-order valence-corrected chi connectivity index (χ1v) is 7.02. The monoisotopic (exact) mass is 360 g/mol. The average molecular weight is 361 g/mol. The summed E-state index contributed by atoms with van der Waals surface area (Å²) in [5.74, 6) is -4.85. The van der Waals surface area contributed by atoms with Crippen molar-refractivity contribution in [1.29, 1.82) is 0 Å². The van der Waals surface area contributed by atoms with E-state index in [1.807, 2.05) is 6.92 Å². The standard InChI is InChI=1S/C14H12BrF3N2O/c1-3-10-13(15)11(20(2)19-10)6-12(21)7-4-8(16)14(18)9(17)5-7/h4-5H,3,6H2,1-2H3. The summed E-state index contributed by atoms with van der Waals surface area (Å²) >= 11 is 3.36. The van der Waals surface area contributed by atoms with Gasteiger partial charge in [0.05, 0.1) is 22.3 Å². The first-order chi connectivity index (χ1) is 9.85. The lowest BCUT2D eigenvalue weighted by Crippen LogP contribution is -2.10. The Kier molecular flexibility index (Phi) is 4.51. The number of carbonyl (C=O) groups is 1. The first-order valence-electron chi connectivity index (χ1n) is 6.23. The van der Waals surface area contributed by atoms with Gasteiger partial charge in [0.2, 0.25) is 0 Å². The third kappa shape index (κ3) is 3.02. The molecule has 0 radical (unpaired) electrons. The maximum absolute atomic E-state index is 13.2. The smallest absolute Gasteiger partial charge is 0.194 e. The van der Waals surface area contributed by atoms with E-state index >= 15 is 0 Å². The number of ketones is 1. The molecule has 3 nitrogen and oxygen atoms in total. The van der Waals surface area contributed by atoms with Crippen LogP contribution in [-0.4, -0.2) is 15.6 Å². The molecule has 0 N–H and O–H groups in total. The Hall–Kier alpha value is -1.63. The Balaban J connectivity index is 2.33. The Morgan fingerprint density at radius 1 is 1.29 bits per heavy atom. The summed E-state index contributed by atoms with van der Waals surface area (Å²) in [5, 5.41) is 4.23. The molecule has 0 saturated carbocycles. The molecule has 7 heteroatoms. The molecule has 0 aliphatic rings. The van der Waals surface area contributed by atoms with Crippen LogP contribution in [0.5, 0.6) is 0 Å². The van der Waals surface area contributed by atoms with Crippen molar-refractivity contribution in [2.75, 3.05) is 0 Å². The zero-order valence-corrected chi connectivity index (χ0v) is 13.0. The third-order valence-corrected chi connectivity index (χ3v) is 4.05. The van der Waals surface area contributed by atoms with E-state index in [2.05, 4.69) is 21.0 Å². The summed E-state index contributed by atoms with van der Waals surface area (Å²) in [6.45, 7) is 1.92. The number of benzene rings is 1. The maximum atomic E-state index is 13.2. The third-order valence-electron chi connectivity index (χ3n) is 3.14. The van der Waals surface area contributed by atoms with Gasteiger partial charge in [0.25, 0.3) is 0 Å². The van der Waals surface area contributed by atoms with E-state index < -0.39 is 23.2 Å². The number of nitrogens with zero attached hydrogens (tertiary/aromatic N) is 2. The summed E-state index contributed by atoms with van der Waals surface area (Å²) in [6, 6.07) is 1.40. The van der Waals surface area contributed by atoms with Gasteiger partial charge in [-0.2, -0.15) is 5.10 Å². The number of carbonyl (C=O) groups excluding carboxylic acids is 1. The average Bonchev–Trinajstić information content (AvgIpc) is 2.71. The van der Waals surface area contributed by atoms with Crippen molar-refractivity contribution in [3.63, 3.8) is 0 Å². The molecule has 0 atom stereocenters. The lowest BCUT2D eigenvalue weighted by molar-refractivity contribution is 0.0989. The van der Waals surface area contributed by atoms with Crippen LogP contribution in [0.15, 0.2) is 16.6 Å². The van der Waals surface area contributed by atoms with E-state index in [0.29, 0.717) is 28.7 Å². The van der Waals surface area contributed by atoms with Gasteiger partial charge in [-0.3, -0.25) is 9.48 Å². The number of halogens is 4. The molecule has 1 aromatic heterocycles. The molecule has 0 spiro atoms. The van der Waals surface area contributed by atoms with Crippen LogP contribution in [0, 0.1) is 17.5 Å². The highest BCUT2D eigenvalue weighted by Gasteiger charge is 2.19. The number of hydrogen-bond acceptors (Lipinski definition) is 2. The van der Waals surface area contributed by atoms with Gasteiger partial charge in [0.15, 0.2) is 23.2 Å². The number of aryl methyl sites for hydroxylation is 2. The summed E-state index contributed by atoms with van der Waals surface area (Å²) in [4.78, 5) is 12.1. The fraction of sp³-hybridized carbons (Fsp3) is 0.286. The van der Waals surface area contributed by atoms with Gasteiger partial charge in [0, 0.05) is 12.6 Å². The molecule has 2 aromatic rings. The quantitative estimate of drug-likeness (QED) is 0.616. The van der Waals surface area contributed by atoms with Crippen molar-refractivity contribution in [1.82, 2.24) is 9.78 Å². The van der Waals surface area contributed by atoms with Gasteiger partial charge in [-0.1, -0.05) is 6.92 Å². The van der Waals surface area contributed by atoms with E-state index in [1.165, 1.54) is 4.68 Å². The van der Waals surface area contributed by atoms with E-state index in [0.717, 1.165) is 5.69 Å². The highest BCUT2D eigenvalue weighted by molar-refractivity contribution is 9.10. The van der Waals surface area contributed by atoms with Gasteiger partial charge >= 0.3 is 0 Å². The fourth-order valence-corrected chi connectivity index (χ4v) is 2.74. The molecular formula is C14H12BrF3N2O. The van der Waals surface area contributed by atoms with Crippen LogP contribution in [-0.2, 0) is 19.9 Å². The molecule has 0 aliphatic carbocycles. The van der Waals surface area contributed by atoms with Gasteiger partial charge in [-0.15, -0.1) is 0 Å². The molecule has 0 unspecified atom stereocenters. The van der Waals surface area contributed by atoms with E-state index in [4.69, 9.17) is 0 Å². The van der Waals surface area contributed by atoms with Gasteiger partial charge in [0.1, 0.15) is 0 Å². The summed E-state index contributed by atoms with van der Waals surface area (Å²) in [7, 11) is 1.68. The van der Waals surface area contributed by atoms with Crippen LogP contribution in [0.3, 0.4) is 0 Å². The minimum atomic E-state index is -1.58. The van der Waals surface area contributed by atoms with E-state index in [-0.39, 0.29) is 12.0 Å². The predicted molar refractivity (Wildman–Crippen MR) is 74.6 cm³/mol. The van der Waals surface area contributed by atoms with Crippen molar-refractivity contribution >= 4 is 21.7 Å². The molecular weight excluding hydrogens is 349 g/mol. The molecule has 1 heterocycles. The number of hydrogen-bond donors (Lipinski definition) is 0.